The van der Waals surface area contributed by atoms with Gasteiger partial charge >= 0.3 is 11.8 Å². The topological polar surface area (TPSA) is 73.9 Å². The molecule has 2 aromatic carbocycles. The number of anilines is 2. The summed E-state index contributed by atoms with van der Waals surface area (Å²) < 4.78 is 5.25. The second-order valence-electron chi connectivity index (χ2n) is 9.03. The van der Waals surface area contributed by atoms with E-state index in [0.29, 0.717) is 23.0 Å². The average molecular weight is 485 g/mol. The number of carbonyl (C=O) groups is 2. The van der Waals surface area contributed by atoms with Gasteiger partial charge in [-0.15, -0.1) is 0 Å². The highest BCUT2D eigenvalue weighted by Crippen LogP contribution is 2.32. The van der Waals surface area contributed by atoms with Crippen molar-refractivity contribution in [3.63, 3.8) is 0 Å². The van der Waals surface area contributed by atoms with Crippen LogP contribution in [0.5, 0.6) is 5.75 Å². The highest BCUT2D eigenvalue weighted by atomic mass is 35.5. The number of rotatable bonds is 6. The van der Waals surface area contributed by atoms with Gasteiger partial charge in [-0.3, -0.25) is 14.5 Å². The zero-order valence-corrected chi connectivity index (χ0v) is 20.7. The van der Waals surface area contributed by atoms with Crippen molar-refractivity contribution >= 4 is 34.8 Å². The first-order chi connectivity index (χ1) is 16.5. The number of hydrogen-bond acceptors (Lipinski definition) is 5. The lowest BCUT2D eigenvalue weighted by atomic mass is 9.95. The van der Waals surface area contributed by atoms with E-state index in [1.807, 2.05) is 0 Å². The summed E-state index contributed by atoms with van der Waals surface area (Å²) in [5.74, 6) is -0.984. The molecule has 8 heteroatoms. The van der Waals surface area contributed by atoms with Crippen molar-refractivity contribution in [1.29, 1.82) is 0 Å². The van der Waals surface area contributed by atoms with Crippen molar-refractivity contribution in [2.45, 2.75) is 38.1 Å². The van der Waals surface area contributed by atoms with E-state index >= 15 is 0 Å². The summed E-state index contributed by atoms with van der Waals surface area (Å²) in [5.41, 5.74) is 4.19. The second kappa shape index (κ2) is 11.1. The third kappa shape index (κ3) is 5.65. The summed E-state index contributed by atoms with van der Waals surface area (Å²) in [4.78, 5) is 30.0. The highest BCUT2D eigenvalue weighted by Gasteiger charge is 2.26. The van der Waals surface area contributed by atoms with Crippen LogP contribution in [0.4, 0.5) is 11.4 Å². The van der Waals surface area contributed by atoms with Crippen molar-refractivity contribution < 1.29 is 14.3 Å². The molecule has 0 spiro atoms. The Morgan fingerprint density at radius 3 is 2.59 bits per heavy atom. The molecule has 1 atom stereocenters. The number of amides is 2. The molecule has 2 N–H and O–H groups in total. The lowest BCUT2D eigenvalue weighted by Gasteiger charge is -2.36. The molecule has 0 aliphatic carbocycles. The number of nitrogens with one attached hydrogen (secondary N) is 2. The smallest absolute Gasteiger partial charge is 0.313 e. The van der Waals surface area contributed by atoms with Gasteiger partial charge < -0.3 is 20.3 Å². The molecular formula is C26H33ClN4O3. The van der Waals surface area contributed by atoms with E-state index in [1.54, 1.807) is 18.2 Å². The van der Waals surface area contributed by atoms with Crippen molar-refractivity contribution in [1.82, 2.24) is 10.2 Å². The molecule has 2 heterocycles. The molecule has 2 amide bonds. The molecule has 1 fully saturated rings. The molecule has 7 nitrogen and oxygen atoms in total. The Hall–Kier alpha value is -2.77. The number of halogens is 1. The van der Waals surface area contributed by atoms with Gasteiger partial charge in [-0.25, -0.2) is 0 Å². The normalized spacial score (nSPS) is 17.0. The maximum Gasteiger partial charge on any atom is 0.313 e. The van der Waals surface area contributed by atoms with Crippen LogP contribution in [0.15, 0.2) is 36.4 Å². The van der Waals surface area contributed by atoms with Crippen LogP contribution < -0.4 is 20.3 Å². The fourth-order valence-electron chi connectivity index (χ4n) is 4.93. The van der Waals surface area contributed by atoms with E-state index in [1.165, 1.54) is 30.3 Å². The average Bonchev–Trinajstić information content (AvgIpc) is 2.85. The van der Waals surface area contributed by atoms with E-state index in [0.717, 1.165) is 45.3 Å². The maximum atomic E-state index is 12.7. The molecule has 0 aromatic heterocycles. The number of ether oxygens (including phenoxy) is 1. The Balaban J connectivity index is 1.47. The lowest BCUT2D eigenvalue weighted by Crippen LogP contribution is -2.43. The lowest BCUT2D eigenvalue weighted by molar-refractivity contribution is -0.136. The van der Waals surface area contributed by atoms with E-state index < -0.39 is 11.8 Å². The minimum Gasteiger partial charge on any atom is -0.495 e. The third-order valence-corrected chi connectivity index (χ3v) is 6.98. The van der Waals surface area contributed by atoms with Crippen LogP contribution in [0, 0.1) is 0 Å². The van der Waals surface area contributed by atoms with E-state index in [-0.39, 0.29) is 6.04 Å². The Kier molecular flexibility index (Phi) is 7.95. The van der Waals surface area contributed by atoms with Gasteiger partial charge in [0.2, 0.25) is 0 Å². The fraction of sp³-hybridized carbons (Fsp3) is 0.462. The second-order valence-corrected chi connectivity index (χ2v) is 9.47. The van der Waals surface area contributed by atoms with Crippen LogP contribution in [-0.4, -0.2) is 57.1 Å². The maximum absolute atomic E-state index is 12.7. The SMILES string of the molecule is COc1ccc(Cl)cc1NC(=O)C(=O)NC[C@H](c1ccc2c(c1)CCCN2C)N1CCCCC1. The molecule has 34 heavy (non-hydrogen) atoms. The molecule has 4 rings (SSSR count). The van der Waals surface area contributed by atoms with Crippen LogP contribution in [0.1, 0.15) is 42.9 Å². The van der Waals surface area contributed by atoms with Crippen LogP contribution in [0.25, 0.3) is 0 Å². The number of likely N-dealkylation sites (tertiary alicyclic amines) is 1. The molecule has 0 saturated carbocycles. The third-order valence-electron chi connectivity index (χ3n) is 6.74. The summed E-state index contributed by atoms with van der Waals surface area (Å²) in [5, 5.41) is 5.92. The number of piperidine rings is 1. The molecule has 0 radical (unpaired) electrons. The van der Waals surface area contributed by atoms with Gasteiger partial charge in [-0.05, 0) is 74.2 Å². The Morgan fingerprint density at radius 1 is 1.03 bits per heavy atom. The molecule has 1 saturated heterocycles. The number of aryl methyl sites for hydroxylation is 1. The first-order valence-corrected chi connectivity index (χ1v) is 12.3. The van der Waals surface area contributed by atoms with Crippen molar-refractivity contribution in [3.05, 3.63) is 52.5 Å². The number of benzene rings is 2. The van der Waals surface area contributed by atoms with Gasteiger partial charge in [0, 0.05) is 30.8 Å². The molecule has 0 unspecified atom stereocenters. The number of fused-ring (bicyclic) bond motifs is 1. The number of methoxy groups -OCH3 is 1. The van der Waals surface area contributed by atoms with Gasteiger partial charge in [-0.1, -0.05) is 30.2 Å². The van der Waals surface area contributed by atoms with Crippen LogP contribution in [0.2, 0.25) is 5.02 Å². The quantitative estimate of drug-likeness (QED) is 0.606. The Morgan fingerprint density at radius 2 is 1.82 bits per heavy atom. The predicted octanol–water partition coefficient (Wildman–Crippen LogP) is 4.01. The largest absolute Gasteiger partial charge is 0.495 e. The molecule has 2 aliphatic rings. The zero-order valence-electron chi connectivity index (χ0n) is 19.9. The summed E-state index contributed by atoms with van der Waals surface area (Å²) in [6.07, 6.45) is 5.73. The van der Waals surface area contributed by atoms with Gasteiger partial charge in [0.25, 0.3) is 0 Å². The molecule has 2 aliphatic heterocycles. The number of hydrogen-bond donors (Lipinski definition) is 2. The van der Waals surface area contributed by atoms with Gasteiger partial charge in [0.05, 0.1) is 18.8 Å². The summed E-state index contributed by atoms with van der Waals surface area (Å²) in [7, 11) is 3.63. The monoisotopic (exact) mass is 484 g/mol. The van der Waals surface area contributed by atoms with Gasteiger partial charge in [-0.2, -0.15) is 0 Å². The van der Waals surface area contributed by atoms with Crippen molar-refractivity contribution in [2.24, 2.45) is 0 Å². The van der Waals surface area contributed by atoms with Crippen LogP contribution in [0.3, 0.4) is 0 Å². The van der Waals surface area contributed by atoms with E-state index in [2.05, 4.69) is 45.7 Å². The Labute approximate surface area is 206 Å². The van der Waals surface area contributed by atoms with Crippen molar-refractivity contribution in [3.8, 4) is 5.75 Å². The number of carbonyl (C=O) groups excluding carboxylic acids is 2. The molecule has 2 aromatic rings. The molecule has 0 bridgehead atoms. The first-order valence-electron chi connectivity index (χ1n) is 12.0. The summed E-state index contributed by atoms with van der Waals surface area (Å²) in [6, 6.07) is 11.5. The summed E-state index contributed by atoms with van der Waals surface area (Å²) in [6.45, 7) is 3.42. The first kappa shape index (κ1) is 24.4. The van der Waals surface area contributed by atoms with E-state index in [4.69, 9.17) is 16.3 Å². The zero-order chi connectivity index (χ0) is 24.1. The highest BCUT2D eigenvalue weighted by molar-refractivity contribution is 6.40. The molecular weight excluding hydrogens is 452 g/mol. The minimum absolute atomic E-state index is 0.0234. The van der Waals surface area contributed by atoms with Gasteiger partial charge in [0.15, 0.2) is 0 Å². The van der Waals surface area contributed by atoms with Gasteiger partial charge in [0.1, 0.15) is 5.75 Å². The number of nitrogens with zero attached hydrogens (tertiary/aromatic N) is 2. The Bertz CT molecular complexity index is 1040. The van der Waals surface area contributed by atoms with Crippen molar-refractivity contribution in [2.75, 3.05) is 50.6 Å². The molecule has 182 valence electrons. The van der Waals surface area contributed by atoms with Crippen LogP contribution >= 0.6 is 11.6 Å². The predicted molar refractivity (Wildman–Crippen MR) is 136 cm³/mol. The standard InChI is InChI=1S/C26H33ClN4O3/c1-30-12-6-7-18-15-19(8-10-22(18)30)23(31-13-4-3-5-14-31)17-28-25(32)26(33)29-21-16-20(27)9-11-24(21)34-2/h8-11,15-16,23H,3-7,12-14,17H2,1-2H3,(H,28,32)(H,29,33)/t23-/m1/s1. The van der Waals surface area contributed by atoms with Crippen LogP contribution in [-0.2, 0) is 16.0 Å². The summed E-state index contributed by atoms with van der Waals surface area (Å²) >= 11 is 6.04. The minimum atomic E-state index is -0.745. The van der Waals surface area contributed by atoms with E-state index in [9.17, 15) is 9.59 Å². The fourth-order valence-corrected chi connectivity index (χ4v) is 5.10.